The number of rotatable bonds is 3. The summed E-state index contributed by atoms with van der Waals surface area (Å²) in [5, 5.41) is 0.994. The number of hydrogen-bond acceptors (Lipinski definition) is 1. The molecule has 1 rings (SSSR count). The number of ether oxygens (including phenoxy) is 1. The van der Waals surface area contributed by atoms with Crippen LogP contribution in [0.15, 0.2) is 0 Å². The molecule has 0 aromatic rings. The van der Waals surface area contributed by atoms with Gasteiger partial charge in [-0.2, -0.15) is 0 Å². The van der Waals surface area contributed by atoms with Crippen molar-refractivity contribution in [2.75, 3.05) is 12.4 Å². The number of alkyl halides is 1. The van der Waals surface area contributed by atoms with Crippen LogP contribution in [0.5, 0.6) is 0 Å². The minimum atomic E-state index is 0.461. The smallest absolute Gasteiger partial charge is 0.0696 e. The Morgan fingerprint density at radius 2 is 2.10 bits per heavy atom. The van der Waals surface area contributed by atoms with Gasteiger partial charge in [0.15, 0.2) is 0 Å². The van der Waals surface area contributed by atoms with Crippen molar-refractivity contribution >= 4 is 15.9 Å². The van der Waals surface area contributed by atoms with Crippen LogP contribution >= 0.6 is 15.9 Å². The molecule has 10 heavy (non-hydrogen) atoms. The summed E-state index contributed by atoms with van der Waals surface area (Å²) in [6.07, 6.45) is 5.99. The van der Waals surface area contributed by atoms with Gasteiger partial charge in [-0.3, -0.25) is 0 Å². The molecule has 1 nitrogen and oxygen atoms in total. The van der Waals surface area contributed by atoms with E-state index in [0.29, 0.717) is 6.10 Å². The fourth-order valence-corrected chi connectivity index (χ4v) is 2.50. The van der Waals surface area contributed by atoms with Gasteiger partial charge in [-0.05, 0) is 18.8 Å². The number of hydrogen-bond donors (Lipinski definition) is 0. The molecule has 2 heteroatoms. The standard InChI is InChI=1S/C8H15BrO/c1-10-8(6-9)7-4-2-3-5-7/h7-8H,2-6H2,1H3. The van der Waals surface area contributed by atoms with Crippen LogP contribution < -0.4 is 0 Å². The average molecular weight is 207 g/mol. The van der Waals surface area contributed by atoms with Crippen molar-refractivity contribution in [2.24, 2.45) is 5.92 Å². The molecule has 1 aliphatic carbocycles. The molecule has 0 radical (unpaired) electrons. The normalized spacial score (nSPS) is 23.4. The quantitative estimate of drug-likeness (QED) is 0.646. The highest BCUT2D eigenvalue weighted by Crippen LogP contribution is 2.29. The van der Waals surface area contributed by atoms with Crippen molar-refractivity contribution in [1.82, 2.24) is 0 Å². The van der Waals surface area contributed by atoms with Gasteiger partial charge in [0.2, 0.25) is 0 Å². The third kappa shape index (κ3) is 1.96. The van der Waals surface area contributed by atoms with E-state index in [-0.39, 0.29) is 0 Å². The second-order valence-electron chi connectivity index (χ2n) is 2.97. The van der Waals surface area contributed by atoms with E-state index in [2.05, 4.69) is 15.9 Å². The Labute approximate surface area is 71.3 Å². The van der Waals surface area contributed by atoms with Crippen LogP contribution in [0.2, 0.25) is 0 Å². The third-order valence-electron chi connectivity index (χ3n) is 2.38. The number of halogens is 1. The van der Waals surface area contributed by atoms with Crippen LogP contribution in [0.4, 0.5) is 0 Å². The highest BCUT2D eigenvalue weighted by molar-refractivity contribution is 9.09. The molecule has 0 aromatic carbocycles. The van der Waals surface area contributed by atoms with Gasteiger partial charge in [0, 0.05) is 12.4 Å². The van der Waals surface area contributed by atoms with E-state index in [0.717, 1.165) is 11.2 Å². The van der Waals surface area contributed by atoms with Gasteiger partial charge in [0.25, 0.3) is 0 Å². The molecule has 1 aliphatic rings. The predicted molar refractivity (Wildman–Crippen MR) is 46.5 cm³/mol. The van der Waals surface area contributed by atoms with Gasteiger partial charge < -0.3 is 4.74 Å². The highest BCUT2D eigenvalue weighted by atomic mass is 79.9. The first-order valence-electron chi connectivity index (χ1n) is 3.97. The van der Waals surface area contributed by atoms with Crippen molar-refractivity contribution < 1.29 is 4.74 Å². The summed E-state index contributed by atoms with van der Waals surface area (Å²) < 4.78 is 5.34. The molecule has 1 atom stereocenters. The summed E-state index contributed by atoms with van der Waals surface area (Å²) in [7, 11) is 1.81. The van der Waals surface area contributed by atoms with E-state index in [1.54, 1.807) is 0 Å². The summed E-state index contributed by atoms with van der Waals surface area (Å²) >= 11 is 3.46. The fraction of sp³-hybridized carbons (Fsp3) is 1.00. The van der Waals surface area contributed by atoms with E-state index in [1.165, 1.54) is 25.7 Å². The molecule has 60 valence electrons. The van der Waals surface area contributed by atoms with Crippen LogP contribution in [0.3, 0.4) is 0 Å². The summed E-state index contributed by atoms with van der Waals surface area (Å²) in [4.78, 5) is 0. The molecule has 1 unspecified atom stereocenters. The molecule has 1 fully saturated rings. The first-order chi connectivity index (χ1) is 4.88. The van der Waals surface area contributed by atoms with E-state index in [1.807, 2.05) is 7.11 Å². The lowest BCUT2D eigenvalue weighted by molar-refractivity contribution is 0.0741. The lowest BCUT2D eigenvalue weighted by Gasteiger charge is -2.18. The third-order valence-corrected chi connectivity index (χ3v) is 3.02. The topological polar surface area (TPSA) is 9.23 Å². The van der Waals surface area contributed by atoms with E-state index in [9.17, 15) is 0 Å². The summed E-state index contributed by atoms with van der Waals surface area (Å²) in [6, 6.07) is 0. The van der Waals surface area contributed by atoms with Gasteiger partial charge >= 0.3 is 0 Å². The fourth-order valence-electron chi connectivity index (χ4n) is 1.71. The van der Waals surface area contributed by atoms with Gasteiger partial charge in [-0.25, -0.2) is 0 Å². The first-order valence-corrected chi connectivity index (χ1v) is 5.09. The average Bonchev–Trinajstić information content (AvgIpc) is 2.43. The summed E-state index contributed by atoms with van der Waals surface area (Å²) in [5.74, 6) is 0.823. The Morgan fingerprint density at radius 1 is 1.50 bits per heavy atom. The Bertz CT molecular complexity index is 85.3. The maximum absolute atomic E-state index is 5.34. The Hall–Kier alpha value is 0.440. The SMILES string of the molecule is COC(CBr)C1CCCC1. The molecule has 1 saturated carbocycles. The van der Waals surface area contributed by atoms with Crippen LogP contribution in [-0.2, 0) is 4.74 Å². The Balaban J connectivity index is 2.29. The van der Waals surface area contributed by atoms with Crippen molar-refractivity contribution in [2.45, 2.75) is 31.8 Å². The van der Waals surface area contributed by atoms with Gasteiger partial charge in [0.05, 0.1) is 6.10 Å². The second-order valence-corrected chi connectivity index (χ2v) is 3.62. The van der Waals surface area contributed by atoms with Gasteiger partial charge in [-0.15, -0.1) is 0 Å². The van der Waals surface area contributed by atoms with Crippen LogP contribution in [0.25, 0.3) is 0 Å². The predicted octanol–water partition coefficient (Wildman–Crippen LogP) is 2.59. The van der Waals surface area contributed by atoms with Crippen molar-refractivity contribution in [3.05, 3.63) is 0 Å². The maximum atomic E-state index is 5.34. The molecule has 0 bridgehead atoms. The molecule has 0 heterocycles. The van der Waals surface area contributed by atoms with Crippen LogP contribution in [-0.4, -0.2) is 18.5 Å². The molecular weight excluding hydrogens is 192 g/mol. The molecular formula is C8H15BrO. The lowest BCUT2D eigenvalue weighted by Crippen LogP contribution is -2.21. The molecule has 0 aromatic heterocycles. The first kappa shape index (κ1) is 8.54. The molecule has 0 amide bonds. The molecule has 0 saturated heterocycles. The van der Waals surface area contributed by atoms with Gasteiger partial charge in [0.1, 0.15) is 0 Å². The Morgan fingerprint density at radius 3 is 2.50 bits per heavy atom. The largest absolute Gasteiger partial charge is 0.380 e. The molecule has 0 spiro atoms. The highest BCUT2D eigenvalue weighted by Gasteiger charge is 2.23. The number of methoxy groups -OCH3 is 1. The summed E-state index contributed by atoms with van der Waals surface area (Å²) in [5.41, 5.74) is 0. The zero-order valence-electron chi connectivity index (χ0n) is 6.48. The lowest BCUT2D eigenvalue weighted by atomic mass is 10.0. The van der Waals surface area contributed by atoms with Crippen LogP contribution in [0.1, 0.15) is 25.7 Å². The summed E-state index contributed by atoms with van der Waals surface area (Å²) in [6.45, 7) is 0. The van der Waals surface area contributed by atoms with E-state index >= 15 is 0 Å². The van der Waals surface area contributed by atoms with Gasteiger partial charge in [-0.1, -0.05) is 28.8 Å². The van der Waals surface area contributed by atoms with E-state index < -0.39 is 0 Å². The monoisotopic (exact) mass is 206 g/mol. The minimum absolute atomic E-state index is 0.461. The zero-order chi connectivity index (χ0) is 7.40. The van der Waals surface area contributed by atoms with E-state index in [4.69, 9.17) is 4.74 Å². The van der Waals surface area contributed by atoms with Crippen molar-refractivity contribution in [3.63, 3.8) is 0 Å². The molecule has 0 aliphatic heterocycles. The zero-order valence-corrected chi connectivity index (χ0v) is 8.06. The van der Waals surface area contributed by atoms with Crippen LogP contribution in [0, 0.1) is 5.92 Å². The molecule has 0 N–H and O–H groups in total. The minimum Gasteiger partial charge on any atom is -0.380 e. The Kier molecular flexibility index (Phi) is 3.71. The van der Waals surface area contributed by atoms with Crippen molar-refractivity contribution in [3.8, 4) is 0 Å². The second kappa shape index (κ2) is 4.35. The van der Waals surface area contributed by atoms with Crippen molar-refractivity contribution in [1.29, 1.82) is 0 Å². The maximum Gasteiger partial charge on any atom is 0.0696 e.